The lowest BCUT2D eigenvalue weighted by molar-refractivity contribution is -0.137. The highest BCUT2D eigenvalue weighted by molar-refractivity contribution is 7.99. The van der Waals surface area contributed by atoms with Gasteiger partial charge in [-0.25, -0.2) is 9.59 Å². The molecular formula is C22H26N2O5S. The molecular weight excluding hydrogens is 404 g/mol. The fourth-order valence-corrected chi connectivity index (χ4v) is 3.18. The minimum atomic E-state index is -0.600. The summed E-state index contributed by atoms with van der Waals surface area (Å²) in [7, 11) is 1.84. The third kappa shape index (κ3) is 8.91. The number of alkyl carbamates (subject to hydrolysis) is 1. The van der Waals surface area contributed by atoms with Gasteiger partial charge in [-0.05, 0) is 36.4 Å². The van der Waals surface area contributed by atoms with E-state index in [1.165, 1.54) is 0 Å². The summed E-state index contributed by atoms with van der Waals surface area (Å²) in [6, 6.07) is 17.3. The second-order valence-electron chi connectivity index (χ2n) is 6.04. The van der Waals surface area contributed by atoms with E-state index in [0.29, 0.717) is 11.5 Å². The summed E-state index contributed by atoms with van der Waals surface area (Å²) in [4.78, 5) is 24.2. The lowest BCUT2D eigenvalue weighted by atomic mass is 10.3. The number of esters is 1. The van der Waals surface area contributed by atoms with Crippen molar-refractivity contribution in [1.82, 2.24) is 5.32 Å². The molecule has 30 heavy (non-hydrogen) atoms. The maximum absolute atomic E-state index is 12.1. The van der Waals surface area contributed by atoms with Gasteiger partial charge in [0.1, 0.15) is 25.1 Å². The van der Waals surface area contributed by atoms with Crippen LogP contribution in [0.3, 0.4) is 0 Å². The van der Waals surface area contributed by atoms with Crippen LogP contribution in [-0.2, 0) is 14.3 Å². The molecule has 0 spiro atoms. The summed E-state index contributed by atoms with van der Waals surface area (Å²) < 4.78 is 16.1. The van der Waals surface area contributed by atoms with Crippen LogP contribution >= 0.6 is 11.8 Å². The van der Waals surface area contributed by atoms with Crippen LogP contribution in [0.4, 0.5) is 10.5 Å². The van der Waals surface area contributed by atoms with E-state index in [1.54, 1.807) is 11.8 Å². The number of thioether (sulfide) groups is 1. The van der Waals surface area contributed by atoms with Crippen molar-refractivity contribution >= 4 is 29.5 Å². The first kappa shape index (κ1) is 23.2. The molecule has 2 N–H and O–H groups in total. The first-order valence-electron chi connectivity index (χ1n) is 9.43. The van der Waals surface area contributed by atoms with Crippen LogP contribution in [0.5, 0.6) is 5.75 Å². The van der Waals surface area contributed by atoms with Crippen molar-refractivity contribution in [1.29, 1.82) is 0 Å². The van der Waals surface area contributed by atoms with E-state index in [-0.39, 0.29) is 19.8 Å². The number of anilines is 1. The topological polar surface area (TPSA) is 85.9 Å². The minimum absolute atomic E-state index is 0.0394. The Hall–Kier alpha value is -3.13. The zero-order chi connectivity index (χ0) is 21.6. The fraction of sp³-hybridized carbons (Fsp3) is 0.273. The Labute approximate surface area is 180 Å². The largest absolute Gasteiger partial charge is 0.490 e. The quantitative estimate of drug-likeness (QED) is 0.230. The van der Waals surface area contributed by atoms with E-state index in [0.717, 1.165) is 16.7 Å². The fourth-order valence-electron chi connectivity index (χ4n) is 2.29. The summed E-state index contributed by atoms with van der Waals surface area (Å²) >= 11 is 1.57. The lowest BCUT2D eigenvalue weighted by Gasteiger charge is -2.19. The van der Waals surface area contributed by atoms with E-state index in [9.17, 15) is 9.59 Å². The Morgan fingerprint density at radius 2 is 1.87 bits per heavy atom. The van der Waals surface area contributed by atoms with Crippen molar-refractivity contribution in [2.45, 2.75) is 11.0 Å². The second kappa shape index (κ2) is 13.2. The molecule has 0 heterocycles. The van der Waals surface area contributed by atoms with Crippen molar-refractivity contribution in [3.8, 4) is 5.75 Å². The maximum atomic E-state index is 12.1. The van der Waals surface area contributed by atoms with Gasteiger partial charge in [-0.15, -0.1) is 11.8 Å². The molecule has 0 saturated heterocycles. The van der Waals surface area contributed by atoms with E-state index >= 15 is 0 Å². The summed E-state index contributed by atoms with van der Waals surface area (Å²) in [5, 5.41) is 5.60. The molecule has 0 fully saturated rings. The smallest absolute Gasteiger partial charge is 0.407 e. The van der Waals surface area contributed by atoms with E-state index in [2.05, 4.69) is 17.2 Å². The van der Waals surface area contributed by atoms with Gasteiger partial charge >= 0.3 is 12.1 Å². The van der Waals surface area contributed by atoms with Crippen LogP contribution in [0.2, 0.25) is 0 Å². The molecule has 0 aliphatic heterocycles. The molecule has 2 rings (SSSR count). The molecule has 0 radical (unpaired) electrons. The van der Waals surface area contributed by atoms with Crippen LogP contribution in [0.15, 0.2) is 72.1 Å². The third-order valence-corrected chi connectivity index (χ3v) is 4.96. The zero-order valence-corrected chi connectivity index (χ0v) is 17.7. The third-order valence-electron chi connectivity index (χ3n) is 3.81. The van der Waals surface area contributed by atoms with Crippen LogP contribution in [-0.4, -0.2) is 50.7 Å². The minimum Gasteiger partial charge on any atom is -0.490 e. The molecule has 0 aliphatic rings. The van der Waals surface area contributed by atoms with Crippen molar-refractivity contribution in [3.05, 3.63) is 67.3 Å². The van der Waals surface area contributed by atoms with E-state index in [4.69, 9.17) is 14.2 Å². The van der Waals surface area contributed by atoms with Gasteiger partial charge in [0.2, 0.25) is 0 Å². The van der Waals surface area contributed by atoms with Crippen molar-refractivity contribution in [3.63, 3.8) is 0 Å². The number of carbonyl (C=O) groups excluding carboxylic acids is 2. The Morgan fingerprint density at radius 1 is 1.13 bits per heavy atom. The number of ether oxygens (including phenoxy) is 3. The Kier molecular flexibility index (Phi) is 10.2. The highest BCUT2D eigenvalue weighted by Crippen LogP contribution is 2.20. The number of nitrogens with one attached hydrogen (secondary N) is 2. The van der Waals surface area contributed by atoms with Crippen LogP contribution in [0, 0.1) is 0 Å². The molecule has 0 bridgehead atoms. The van der Waals surface area contributed by atoms with Crippen molar-refractivity contribution in [2.24, 2.45) is 0 Å². The lowest BCUT2D eigenvalue weighted by Crippen LogP contribution is -2.35. The number of hydrogen-bond donors (Lipinski definition) is 2. The predicted octanol–water partition coefficient (Wildman–Crippen LogP) is 3.72. The van der Waals surface area contributed by atoms with Crippen LogP contribution in [0.1, 0.15) is 0 Å². The van der Waals surface area contributed by atoms with Crippen molar-refractivity contribution in [2.75, 3.05) is 37.9 Å². The molecule has 2 aromatic rings. The van der Waals surface area contributed by atoms with Gasteiger partial charge < -0.3 is 24.8 Å². The number of hydrogen-bond acceptors (Lipinski definition) is 7. The molecule has 7 nitrogen and oxygen atoms in total. The van der Waals surface area contributed by atoms with Crippen molar-refractivity contribution < 1.29 is 23.8 Å². The number of rotatable bonds is 12. The molecule has 0 saturated carbocycles. The first-order chi connectivity index (χ1) is 14.6. The SMILES string of the molecule is C=CC(=O)OCCNC(=O)OC(COc1ccc(NC)cc1)CSc1ccccc1. The monoisotopic (exact) mass is 430 g/mol. The summed E-state index contributed by atoms with van der Waals surface area (Å²) in [5.41, 5.74) is 0.978. The van der Waals surface area contributed by atoms with E-state index in [1.807, 2.05) is 61.6 Å². The molecule has 1 unspecified atom stereocenters. The van der Waals surface area contributed by atoms with Gasteiger partial charge in [-0.3, -0.25) is 0 Å². The normalized spacial score (nSPS) is 11.1. The molecule has 1 amide bonds. The predicted molar refractivity (Wildman–Crippen MR) is 118 cm³/mol. The second-order valence-corrected chi connectivity index (χ2v) is 7.13. The van der Waals surface area contributed by atoms with Gasteiger partial charge in [0, 0.05) is 29.5 Å². The number of carbonyl (C=O) groups is 2. The van der Waals surface area contributed by atoms with Gasteiger partial charge in [-0.1, -0.05) is 24.8 Å². The number of benzene rings is 2. The Bertz CT molecular complexity index is 799. The zero-order valence-electron chi connectivity index (χ0n) is 16.8. The highest BCUT2D eigenvalue weighted by atomic mass is 32.2. The Morgan fingerprint density at radius 3 is 2.53 bits per heavy atom. The maximum Gasteiger partial charge on any atom is 0.407 e. The molecule has 1 atom stereocenters. The molecule has 160 valence electrons. The summed E-state index contributed by atoms with van der Waals surface area (Å²) in [5.74, 6) is 0.668. The van der Waals surface area contributed by atoms with Gasteiger partial charge in [-0.2, -0.15) is 0 Å². The molecule has 0 aliphatic carbocycles. The average molecular weight is 431 g/mol. The highest BCUT2D eigenvalue weighted by Gasteiger charge is 2.16. The average Bonchev–Trinajstić information content (AvgIpc) is 2.79. The Balaban J connectivity index is 1.86. The summed E-state index contributed by atoms with van der Waals surface area (Å²) in [6.45, 7) is 3.70. The summed E-state index contributed by atoms with van der Waals surface area (Å²) in [6.07, 6.45) is -0.0114. The molecule has 0 aromatic heterocycles. The number of amides is 1. The van der Waals surface area contributed by atoms with E-state index < -0.39 is 18.2 Å². The standard InChI is InChI=1S/C22H26N2O5S/c1-3-21(25)27-14-13-24-22(26)29-19(16-30-20-7-5-4-6-8-20)15-28-18-11-9-17(23-2)10-12-18/h3-12,19,23H,1,13-16H2,2H3,(H,24,26). The van der Waals surface area contributed by atoms with Crippen LogP contribution in [0.25, 0.3) is 0 Å². The molecule has 2 aromatic carbocycles. The first-order valence-corrected chi connectivity index (χ1v) is 10.4. The van der Waals surface area contributed by atoms with Gasteiger partial charge in [0.05, 0.1) is 6.54 Å². The van der Waals surface area contributed by atoms with Gasteiger partial charge in [0.25, 0.3) is 0 Å². The van der Waals surface area contributed by atoms with Crippen LogP contribution < -0.4 is 15.4 Å². The van der Waals surface area contributed by atoms with Gasteiger partial charge in [0.15, 0.2) is 0 Å². The molecule has 8 heteroatoms.